The number of fused-ring (bicyclic) bond motifs is 1. The lowest BCUT2D eigenvalue weighted by atomic mass is 10.1. The summed E-state index contributed by atoms with van der Waals surface area (Å²) in [6.45, 7) is 2.27. The molecule has 1 aromatic rings. The summed E-state index contributed by atoms with van der Waals surface area (Å²) in [5.41, 5.74) is 0.652. The average Bonchev–Trinajstić information content (AvgIpc) is 2.79. The Morgan fingerprint density at radius 2 is 2.29 bits per heavy atom. The van der Waals surface area contributed by atoms with Crippen LogP contribution in [-0.2, 0) is 4.74 Å². The van der Waals surface area contributed by atoms with Crippen LogP contribution in [0.5, 0.6) is 17.2 Å². The minimum Gasteiger partial charge on any atom is -0.506 e. The Kier molecular flexibility index (Phi) is 2.85. The number of ether oxygens (including phenoxy) is 3. The lowest BCUT2D eigenvalue weighted by Gasteiger charge is -2.25. The molecule has 0 spiro atoms. The van der Waals surface area contributed by atoms with E-state index in [-0.39, 0.29) is 18.6 Å². The van der Waals surface area contributed by atoms with Crippen molar-refractivity contribution in [2.45, 2.75) is 6.10 Å². The molecule has 17 heavy (non-hydrogen) atoms. The van der Waals surface area contributed by atoms with Crippen molar-refractivity contribution in [2.24, 2.45) is 0 Å². The molecule has 0 aromatic heterocycles. The van der Waals surface area contributed by atoms with Crippen LogP contribution in [0.15, 0.2) is 10.5 Å². The van der Waals surface area contributed by atoms with Gasteiger partial charge in [0.05, 0.1) is 16.6 Å². The van der Waals surface area contributed by atoms with Gasteiger partial charge in [-0.25, -0.2) is 0 Å². The number of nitrogens with one attached hydrogen (secondary N) is 1. The Morgan fingerprint density at radius 1 is 1.41 bits per heavy atom. The molecule has 1 atom stereocenters. The minimum absolute atomic E-state index is 0.156. The van der Waals surface area contributed by atoms with E-state index in [0.717, 1.165) is 6.54 Å². The van der Waals surface area contributed by atoms with Crippen molar-refractivity contribution in [1.82, 2.24) is 5.32 Å². The lowest BCUT2D eigenvalue weighted by Crippen LogP contribution is -2.33. The van der Waals surface area contributed by atoms with Crippen molar-refractivity contribution in [1.29, 1.82) is 0 Å². The molecule has 2 N–H and O–H groups in total. The maximum atomic E-state index is 10.1. The van der Waals surface area contributed by atoms with Crippen LogP contribution in [0.3, 0.4) is 0 Å². The summed E-state index contributed by atoms with van der Waals surface area (Å²) in [6, 6.07) is 1.71. The average molecular weight is 302 g/mol. The van der Waals surface area contributed by atoms with Crippen LogP contribution in [-0.4, -0.2) is 31.6 Å². The van der Waals surface area contributed by atoms with Gasteiger partial charge in [-0.3, -0.25) is 0 Å². The van der Waals surface area contributed by atoms with E-state index in [1.165, 1.54) is 0 Å². The van der Waals surface area contributed by atoms with Crippen LogP contribution in [0.2, 0.25) is 0 Å². The van der Waals surface area contributed by atoms with Gasteiger partial charge in [-0.05, 0) is 15.9 Å². The predicted molar refractivity (Wildman–Crippen MR) is 63.5 cm³/mol. The number of morpholine rings is 1. The molecule has 1 unspecified atom stereocenters. The standard InChI is InChI=1S/C11H12BrNO4/c12-6-3-7-11(17-5-16-7)9(10(6)14)8-4-13-1-2-15-8/h3,8,13-14H,1-2,4-5H2. The smallest absolute Gasteiger partial charge is 0.231 e. The van der Waals surface area contributed by atoms with Crippen LogP contribution < -0.4 is 14.8 Å². The molecule has 3 rings (SSSR count). The highest BCUT2D eigenvalue weighted by atomic mass is 79.9. The van der Waals surface area contributed by atoms with E-state index in [9.17, 15) is 5.11 Å². The lowest BCUT2D eigenvalue weighted by molar-refractivity contribution is 0.0245. The molecule has 2 aliphatic rings. The fourth-order valence-corrected chi connectivity index (χ4v) is 2.50. The topological polar surface area (TPSA) is 60.0 Å². The third kappa shape index (κ3) is 1.86. The number of phenolic OH excluding ortho intramolecular Hbond substituents is 1. The molecular weight excluding hydrogens is 290 g/mol. The molecule has 2 aliphatic heterocycles. The zero-order valence-corrected chi connectivity index (χ0v) is 10.6. The van der Waals surface area contributed by atoms with Gasteiger partial charge in [0, 0.05) is 19.2 Å². The minimum atomic E-state index is -0.211. The molecule has 0 radical (unpaired) electrons. The maximum absolute atomic E-state index is 10.1. The van der Waals surface area contributed by atoms with Gasteiger partial charge >= 0.3 is 0 Å². The Balaban J connectivity index is 2.07. The van der Waals surface area contributed by atoms with Crippen LogP contribution in [0.1, 0.15) is 11.7 Å². The van der Waals surface area contributed by atoms with Crippen molar-refractivity contribution < 1.29 is 19.3 Å². The summed E-state index contributed by atoms with van der Waals surface area (Å²) in [6.07, 6.45) is -0.211. The molecule has 0 bridgehead atoms. The summed E-state index contributed by atoms with van der Waals surface area (Å²) < 4.78 is 17.0. The van der Waals surface area contributed by atoms with Gasteiger partial charge in [-0.1, -0.05) is 0 Å². The van der Waals surface area contributed by atoms with E-state index in [1.54, 1.807) is 6.07 Å². The Morgan fingerprint density at radius 3 is 3.06 bits per heavy atom. The molecule has 6 heteroatoms. The first-order valence-corrected chi connectivity index (χ1v) is 6.20. The predicted octanol–water partition coefficient (Wildman–Crippen LogP) is 1.54. The van der Waals surface area contributed by atoms with Crippen LogP contribution in [0, 0.1) is 0 Å². The van der Waals surface area contributed by atoms with Crippen LogP contribution >= 0.6 is 15.9 Å². The summed E-state index contributed by atoms with van der Waals surface area (Å²) in [7, 11) is 0. The largest absolute Gasteiger partial charge is 0.506 e. The second kappa shape index (κ2) is 4.36. The highest BCUT2D eigenvalue weighted by molar-refractivity contribution is 9.10. The fraction of sp³-hybridized carbons (Fsp3) is 0.455. The number of phenols is 1. The van der Waals surface area contributed by atoms with Gasteiger partial charge in [0.1, 0.15) is 11.9 Å². The quantitative estimate of drug-likeness (QED) is 0.824. The Labute approximate surface area is 107 Å². The number of rotatable bonds is 1. The first-order valence-electron chi connectivity index (χ1n) is 5.40. The molecule has 1 saturated heterocycles. The number of benzene rings is 1. The number of hydrogen-bond acceptors (Lipinski definition) is 5. The van der Waals surface area contributed by atoms with Crippen LogP contribution in [0.4, 0.5) is 0 Å². The van der Waals surface area contributed by atoms with Crippen molar-refractivity contribution in [2.75, 3.05) is 26.5 Å². The first kappa shape index (κ1) is 11.1. The van der Waals surface area contributed by atoms with Crippen molar-refractivity contribution in [3.05, 3.63) is 16.1 Å². The second-order valence-corrected chi connectivity index (χ2v) is 4.77. The molecule has 1 fully saturated rings. The third-order valence-electron chi connectivity index (χ3n) is 2.87. The molecular formula is C11H12BrNO4. The van der Waals surface area contributed by atoms with Gasteiger partial charge in [-0.15, -0.1) is 0 Å². The summed E-state index contributed by atoms with van der Waals surface area (Å²) in [4.78, 5) is 0. The SMILES string of the molecule is Oc1c(Br)cc2c(c1C1CNCCO1)OCO2. The molecule has 0 amide bonds. The van der Waals surface area contributed by atoms with E-state index in [2.05, 4.69) is 21.2 Å². The van der Waals surface area contributed by atoms with E-state index >= 15 is 0 Å². The number of halogens is 1. The normalized spacial score (nSPS) is 22.8. The van der Waals surface area contributed by atoms with Crippen molar-refractivity contribution in [3.63, 3.8) is 0 Å². The molecule has 2 heterocycles. The zero-order valence-electron chi connectivity index (χ0n) is 9.03. The molecule has 0 saturated carbocycles. The summed E-state index contributed by atoms with van der Waals surface area (Å²) >= 11 is 3.30. The van der Waals surface area contributed by atoms with Gasteiger partial charge in [0.2, 0.25) is 6.79 Å². The van der Waals surface area contributed by atoms with Crippen molar-refractivity contribution in [3.8, 4) is 17.2 Å². The van der Waals surface area contributed by atoms with Gasteiger partial charge in [-0.2, -0.15) is 0 Å². The van der Waals surface area contributed by atoms with E-state index in [1.807, 2.05) is 0 Å². The van der Waals surface area contributed by atoms with Gasteiger partial charge in [0.15, 0.2) is 11.5 Å². The Bertz CT molecular complexity index is 446. The van der Waals surface area contributed by atoms with E-state index in [0.29, 0.717) is 34.7 Å². The Hall–Kier alpha value is -0.980. The third-order valence-corrected chi connectivity index (χ3v) is 3.48. The molecule has 1 aromatic carbocycles. The highest BCUT2D eigenvalue weighted by Crippen LogP contribution is 2.48. The van der Waals surface area contributed by atoms with Gasteiger partial charge < -0.3 is 24.6 Å². The fourth-order valence-electron chi connectivity index (χ4n) is 2.08. The summed E-state index contributed by atoms with van der Waals surface area (Å²) in [5, 5.41) is 13.3. The summed E-state index contributed by atoms with van der Waals surface area (Å²) in [5.74, 6) is 1.38. The molecule has 92 valence electrons. The van der Waals surface area contributed by atoms with E-state index in [4.69, 9.17) is 14.2 Å². The van der Waals surface area contributed by atoms with Crippen LogP contribution in [0.25, 0.3) is 0 Å². The highest BCUT2D eigenvalue weighted by Gasteiger charge is 2.30. The second-order valence-electron chi connectivity index (χ2n) is 3.92. The first-order chi connectivity index (χ1) is 8.27. The number of aromatic hydroxyl groups is 1. The zero-order chi connectivity index (χ0) is 11.8. The van der Waals surface area contributed by atoms with Crippen molar-refractivity contribution >= 4 is 15.9 Å². The molecule has 0 aliphatic carbocycles. The van der Waals surface area contributed by atoms with E-state index < -0.39 is 0 Å². The van der Waals surface area contributed by atoms with Gasteiger partial charge in [0.25, 0.3) is 0 Å². The monoisotopic (exact) mass is 301 g/mol. The number of hydrogen-bond donors (Lipinski definition) is 2. The molecule has 5 nitrogen and oxygen atoms in total. The maximum Gasteiger partial charge on any atom is 0.231 e.